The standard InChI is InChI=1S/C16H15BrFNO2/c1-9-6-10(2)15(13(17)7-9)19-16(20)12-5-4-11(21-3)8-14(12)18/h4-8H,1-3H3,(H,19,20). The number of hydrogen-bond acceptors (Lipinski definition) is 2. The van der Waals surface area contributed by atoms with E-state index in [0.29, 0.717) is 11.4 Å². The van der Waals surface area contributed by atoms with Crippen LogP contribution in [0.5, 0.6) is 5.75 Å². The molecular weight excluding hydrogens is 337 g/mol. The molecule has 1 amide bonds. The number of ether oxygens (including phenoxy) is 1. The summed E-state index contributed by atoms with van der Waals surface area (Å²) >= 11 is 3.41. The summed E-state index contributed by atoms with van der Waals surface area (Å²) in [5.41, 5.74) is 2.60. The molecule has 2 aromatic rings. The maximum atomic E-state index is 13.9. The largest absolute Gasteiger partial charge is 0.497 e. The highest BCUT2D eigenvalue weighted by Gasteiger charge is 2.15. The summed E-state index contributed by atoms with van der Waals surface area (Å²) in [6.07, 6.45) is 0. The molecule has 0 fully saturated rings. The van der Waals surface area contributed by atoms with Crippen molar-refractivity contribution in [2.45, 2.75) is 13.8 Å². The number of carbonyl (C=O) groups is 1. The van der Waals surface area contributed by atoms with E-state index in [-0.39, 0.29) is 5.56 Å². The predicted molar refractivity (Wildman–Crippen MR) is 84.5 cm³/mol. The fourth-order valence-corrected chi connectivity index (χ4v) is 2.83. The molecule has 0 saturated heterocycles. The van der Waals surface area contributed by atoms with Gasteiger partial charge in [-0.15, -0.1) is 0 Å². The van der Waals surface area contributed by atoms with Gasteiger partial charge < -0.3 is 10.1 Å². The lowest BCUT2D eigenvalue weighted by Gasteiger charge is -2.12. The molecule has 0 saturated carbocycles. The number of carbonyl (C=O) groups excluding carboxylic acids is 1. The molecule has 0 atom stereocenters. The molecule has 2 rings (SSSR count). The number of hydrogen-bond donors (Lipinski definition) is 1. The van der Waals surface area contributed by atoms with Crippen LogP contribution in [-0.2, 0) is 0 Å². The molecule has 21 heavy (non-hydrogen) atoms. The second-order valence-corrected chi connectivity index (χ2v) is 5.59. The first kappa shape index (κ1) is 15.5. The van der Waals surface area contributed by atoms with Gasteiger partial charge >= 0.3 is 0 Å². The Morgan fingerprint density at radius 1 is 1.24 bits per heavy atom. The monoisotopic (exact) mass is 351 g/mol. The topological polar surface area (TPSA) is 38.3 Å². The second-order valence-electron chi connectivity index (χ2n) is 4.74. The van der Waals surface area contributed by atoms with Crippen molar-refractivity contribution in [3.63, 3.8) is 0 Å². The minimum Gasteiger partial charge on any atom is -0.497 e. The minimum atomic E-state index is -0.618. The molecule has 2 aromatic carbocycles. The van der Waals surface area contributed by atoms with Crippen molar-refractivity contribution in [1.82, 2.24) is 0 Å². The Morgan fingerprint density at radius 3 is 2.52 bits per heavy atom. The van der Waals surface area contributed by atoms with Crippen LogP contribution >= 0.6 is 15.9 Å². The number of rotatable bonds is 3. The van der Waals surface area contributed by atoms with Gasteiger partial charge in [0.15, 0.2) is 0 Å². The van der Waals surface area contributed by atoms with Crippen LogP contribution in [0.4, 0.5) is 10.1 Å². The Morgan fingerprint density at radius 2 is 1.95 bits per heavy atom. The summed E-state index contributed by atoms with van der Waals surface area (Å²) in [5, 5.41) is 2.73. The number of anilines is 1. The number of nitrogens with one attached hydrogen (secondary N) is 1. The minimum absolute atomic E-state index is 0.0253. The average Bonchev–Trinajstić information content (AvgIpc) is 2.42. The lowest BCUT2D eigenvalue weighted by atomic mass is 10.1. The average molecular weight is 352 g/mol. The molecule has 0 radical (unpaired) electrons. The number of aryl methyl sites for hydroxylation is 2. The summed E-state index contributed by atoms with van der Waals surface area (Å²) < 4.78 is 19.6. The van der Waals surface area contributed by atoms with E-state index in [0.717, 1.165) is 15.6 Å². The molecule has 0 spiro atoms. The molecule has 5 heteroatoms. The van der Waals surface area contributed by atoms with Crippen LogP contribution in [0, 0.1) is 19.7 Å². The normalized spacial score (nSPS) is 10.3. The van der Waals surface area contributed by atoms with E-state index in [1.807, 2.05) is 26.0 Å². The van der Waals surface area contributed by atoms with Crippen LogP contribution in [0.2, 0.25) is 0 Å². The zero-order valence-electron chi connectivity index (χ0n) is 12.0. The van der Waals surface area contributed by atoms with Crippen LogP contribution in [0.3, 0.4) is 0 Å². The van der Waals surface area contributed by atoms with Crippen LogP contribution in [-0.4, -0.2) is 13.0 Å². The highest BCUT2D eigenvalue weighted by Crippen LogP contribution is 2.28. The van der Waals surface area contributed by atoms with E-state index < -0.39 is 11.7 Å². The first-order valence-corrected chi connectivity index (χ1v) is 7.13. The summed E-state index contributed by atoms with van der Waals surface area (Å²) in [6.45, 7) is 3.85. The molecule has 0 aromatic heterocycles. The van der Waals surface area contributed by atoms with Gasteiger partial charge in [0, 0.05) is 10.5 Å². The number of methoxy groups -OCH3 is 1. The fraction of sp³-hybridized carbons (Fsp3) is 0.188. The van der Waals surface area contributed by atoms with Crippen molar-refractivity contribution >= 4 is 27.5 Å². The number of benzene rings is 2. The van der Waals surface area contributed by atoms with Crippen molar-refractivity contribution in [3.05, 3.63) is 57.3 Å². The molecule has 0 unspecified atom stereocenters. The second kappa shape index (κ2) is 6.26. The fourth-order valence-electron chi connectivity index (χ4n) is 2.06. The van der Waals surface area contributed by atoms with E-state index in [4.69, 9.17) is 4.74 Å². The lowest BCUT2D eigenvalue weighted by molar-refractivity contribution is 0.102. The van der Waals surface area contributed by atoms with Gasteiger partial charge in [0.25, 0.3) is 5.91 Å². The maximum Gasteiger partial charge on any atom is 0.258 e. The molecule has 0 aliphatic carbocycles. The Balaban J connectivity index is 2.30. The highest BCUT2D eigenvalue weighted by atomic mass is 79.9. The molecule has 0 aliphatic heterocycles. The summed E-state index contributed by atoms with van der Waals surface area (Å²) in [6, 6.07) is 7.99. The summed E-state index contributed by atoms with van der Waals surface area (Å²) in [5.74, 6) is -0.743. The van der Waals surface area contributed by atoms with E-state index in [1.54, 1.807) is 6.07 Å². The van der Waals surface area contributed by atoms with Gasteiger partial charge in [-0.25, -0.2) is 4.39 Å². The molecule has 0 bridgehead atoms. The number of amides is 1. The van der Waals surface area contributed by atoms with Gasteiger partial charge in [-0.2, -0.15) is 0 Å². The van der Waals surface area contributed by atoms with Crippen LogP contribution in [0.15, 0.2) is 34.8 Å². The predicted octanol–water partition coefficient (Wildman–Crippen LogP) is 4.47. The van der Waals surface area contributed by atoms with E-state index in [1.165, 1.54) is 19.2 Å². The van der Waals surface area contributed by atoms with Gasteiger partial charge in [0.1, 0.15) is 11.6 Å². The van der Waals surface area contributed by atoms with Crippen molar-refractivity contribution in [1.29, 1.82) is 0 Å². The van der Waals surface area contributed by atoms with Crippen LogP contribution in [0.1, 0.15) is 21.5 Å². The first-order valence-electron chi connectivity index (χ1n) is 6.34. The molecule has 0 heterocycles. The van der Waals surface area contributed by atoms with Crippen molar-refractivity contribution in [2.75, 3.05) is 12.4 Å². The quantitative estimate of drug-likeness (QED) is 0.885. The third-order valence-corrected chi connectivity index (χ3v) is 3.72. The third-order valence-electron chi connectivity index (χ3n) is 3.09. The van der Waals surface area contributed by atoms with Crippen molar-refractivity contribution in [2.24, 2.45) is 0 Å². The SMILES string of the molecule is COc1ccc(C(=O)Nc2c(C)cc(C)cc2Br)c(F)c1. The van der Waals surface area contributed by atoms with E-state index in [9.17, 15) is 9.18 Å². The molecule has 1 N–H and O–H groups in total. The molecular formula is C16H15BrFNO2. The zero-order valence-corrected chi connectivity index (χ0v) is 13.5. The van der Waals surface area contributed by atoms with Crippen LogP contribution in [0.25, 0.3) is 0 Å². The zero-order chi connectivity index (χ0) is 15.6. The van der Waals surface area contributed by atoms with Gasteiger partial charge in [-0.3, -0.25) is 4.79 Å². The molecule has 0 aliphatic rings. The smallest absolute Gasteiger partial charge is 0.258 e. The van der Waals surface area contributed by atoms with E-state index in [2.05, 4.69) is 21.2 Å². The van der Waals surface area contributed by atoms with Gasteiger partial charge in [-0.05, 0) is 59.1 Å². The maximum absolute atomic E-state index is 13.9. The van der Waals surface area contributed by atoms with Gasteiger partial charge in [0.05, 0.1) is 18.4 Å². The van der Waals surface area contributed by atoms with Gasteiger partial charge in [0.2, 0.25) is 0 Å². The Labute approximate surface area is 131 Å². The van der Waals surface area contributed by atoms with Crippen molar-refractivity contribution < 1.29 is 13.9 Å². The van der Waals surface area contributed by atoms with Crippen LogP contribution < -0.4 is 10.1 Å². The molecule has 3 nitrogen and oxygen atoms in total. The third kappa shape index (κ3) is 3.42. The highest BCUT2D eigenvalue weighted by molar-refractivity contribution is 9.10. The Hall–Kier alpha value is -1.88. The molecule has 110 valence electrons. The Bertz CT molecular complexity index is 678. The van der Waals surface area contributed by atoms with Gasteiger partial charge in [-0.1, -0.05) is 6.07 Å². The first-order chi connectivity index (χ1) is 9.92. The Kier molecular flexibility index (Phi) is 4.63. The lowest BCUT2D eigenvalue weighted by Crippen LogP contribution is -2.15. The summed E-state index contributed by atoms with van der Waals surface area (Å²) in [4.78, 5) is 12.2. The van der Waals surface area contributed by atoms with E-state index >= 15 is 0 Å². The van der Waals surface area contributed by atoms with Crippen molar-refractivity contribution in [3.8, 4) is 5.75 Å². The summed E-state index contributed by atoms with van der Waals surface area (Å²) in [7, 11) is 1.45. The number of halogens is 2.